The summed E-state index contributed by atoms with van der Waals surface area (Å²) in [6.45, 7) is 0. The highest BCUT2D eigenvalue weighted by atomic mass is 35.5. The lowest BCUT2D eigenvalue weighted by Gasteiger charge is -2.00. The van der Waals surface area contributed by atoms with Crippen molar-refractivity contribution in [2.45, 2.75) is 6.18 Å². The quantitative estimate of drug-likeness (QED) is 0.853. The van der Waals surface area contributed by atoms with Crippen molar-refractivity contribution in [2.24, 2.45) is 0 Å². The molecule has 0 atom stereocenters. The molecule has 0 bridgehead atoms. The zero-order chi connectivity index (χ0) is 12.6. The van der Waals surface area contributed by atoms with Gasteiger partial charge in [-0.2, -0.15) is 13.2 Å². The minimum atomic E-state index is -4.61. The largest absolute Gasteiger partial charge is 0.507 e. The minimum Gasteiger partial charge on any atom is -0.507 e. The molecule has 0 aliphatic heterocycles. The van der Waals surface area contributed by atoms with Gasteiger partial charge in [0.15, 0.2) is 0 Å². The Kier molecular flexibility index (Phi) is 2.74. The highest BCUT2D eigenvalue weighted by Gasteiger charge is 2.36. The third-order valence-corrected chi connectivity index (χ3v) is 2.26. The number of halogens is 4. The van der Waals surface area contributed by atoms with Crippen molar-refractivity contribution in [3.05, 3.63) is 35.0 Å². The lowest BCUT2D eigenvalue weighted by atomic mass is 10.1. The van der Waals surface area contributed by atoms with Crippen LogP contribution in [0.3, 0.4) is 0 Å². The average molecular weight is 264 g/mol. The van der Waals surface area contributed by atoms with Gasteiger partial charge in [0.05, 0.1) is 0 Å². The minimum absolute atomic E-state index is 0.0803. The van der Waals surface area contributed by atoms with Crippen LogP contribution >= 0.6 is 11.6 Å². The van der Waals surface area contributed by atoms with Crippen LogP contribution in [0.25, 0.3) is 11.3 Å². The van der Waals surface area contributed by atoms with Crippen molar-refractivity contribution < 1.29 is 22.8 Å². The molecule has 90 valence electrons. The van der Waals surface area contributed by atoms with E-state index in [0.717, 1.165) is 0 Å². The van der Waals surface area contributed by atoms with Crippen LogP contribution in [0.15, 0.2) is 28.8 Å². The van der Waals surface area contributed by atoms with Crippen LogP contribution in [0.5, 0.6) is 5.75 Å². The third kappa shape index (κ3) is 2.36. The number of alkyl halides is 3. The van der Waals surface area contributed by atoms with Crippen LogP contribution in [0.4, 0.5) is 13.2 Å². The second-order valence-corrected chi connectivity index (χ2v) is 3.67. The molecule has 7 heteroatoms. The van der Waals surface area contributed by atoms with Gasteiger partial charge < -0.3 is 9.63 Å². The molecule has 0 saturated carbocycles. The highest BCUT2D eigenvalue weighted by Crippen LogP contribution is 2.35. The molecule has 1 aromatic carbocycles. The number of rotatable bonds is 1. The van der Waals surface area contributed by atoms with Crippen molar-refractivity contribution in [2.75, 3.05) is 0 Å². The summed E-state index contributed by atoms with van der Waals surface area (Å²) < 4.78 is 41.0. The first-order valence-electron chi connectivity index (χ1n) is 4.41. The molecule has 0 aliphatic rings. The van der Waals surface area contributed by atoms with E-state index in [0.29, 0.717) is 6.07 Å². The first kappa shape index (κ1) is 11.8. The van der Waals surface area contributed by atoms with E-state index in [1.807, 2.05) is 0 Å². The molecule has 3 nitrogen and oxygen atoms in total. The van der Waals surface area contributed by atoms with Crippen molar-refractivity contribution in [3.8, 4) is 17.0 Å². The van der Waals surface area contributed by atoms with Crippen LogP contribution in [0.2, 0.25) is 5.02 Å². The fraction of sp³-hybridized carbons (Fsp3) is 0.100. The Bertz CT molecular complexity index is 551. The normalized spacial score (nSPS) is 11.8. The molecule has 0 spiro atoms. The van der Waals surface area contributed by atoms with E-state index < -0.39 is 11.9 Å². The Balaban J connectivity index is 2.47. The number of nitrogens with zero attached hydrogens (tertiary/aromatic N) is 1. The van der Waals surface area contributed by atoms with Crippen molar-refractivity contribution >= 4 is 11.6 Å². The van der Waals surface area contributed by atoms with E-state index in [2.05, 4.69) is 9.68 Å². The number of aromatic nitrogens is 1. The van der Waals surface area contributed by atoms with E-state index in [-0.39, 0.29) is 22.0 Å². The molecular formula is C10H5ClF3NO2. The van der Waals surface area contributed by atoms with E-state index in [4.69, 9.17) is 11.6 Å². The number of hydrogen-bond donors (Lipinski definition) is 1. The standard InChI is InChI=1S/C10H5ClF3NO2/c11-5-1-2-8(16)6(3-5)7-4-9(17-15-7)10(12,13)14/h1-4,16H. The zero-order valence-corrected chi connectivity index (χ0v) is 8.88. The first-order valence-corrected chi connectivity index (χ1v) is 4.78. The Morgan fingerprint density at radius 1 is 1.24 bits per heavy atom. The molecule has 1 aromatic heterocycles. The Morgan fingerprint density at radius 3 is 2.53 bits per heavy atom. The van der Waals surface area contributed by atoms with Gasteiger partial charge in [0.25, 0.3) is 0 Å². The molecule has 0 unspecified atom stereocenters. The van der Waals surface area contributed by atoms with Gasteiger partial charge in [-0.25, -0.2) is 0 Å². The average Bonchev–Trinajstić information content (AvgIpc) is 2.70. The lowest BCUT2D eigenvalue weighted by molar-refractivity contribution is -0.155. The number of phenolic OH excluding ortho intramolecular Hbond substituents is 1. The van der Waals surface area contributed by atoms with E-state index in [9.17, 15) is 18.3 Å². The van der Waals surface area contributed by atoms with Crippen LogP contribution in [0.1, 0.15) is 5.76 Å². The van der Waals surface area contributed by atoms with Gasteiger partial charge in [-0.15, -0.1) is 0 Å². The Morgan fingerprint density at radius 2 is 1.94 bits per heavy atom. The predicted molar refractivity (Wildman–Crippen MR) is 53.6 cm³/mol. The fourth-order valence-corrected chi connectivity index (χ4v) is 1.42. The van der Waals surface area contributed by atoms with Gasteiger partial charge in [0.2, 0.25) is 5.76 Å². The van der Waals surface area contributed by atoms with Crippen LogP contribution < -0.4 is 0 Å². The van der Waals surface area contributed by atoms with Gasteiger partial charge in [-0.05, 0) is 18.2 Å². The SMILES string of the molecule is Oc1ccc(Cl)cc1-c1cc(C(F)(F)F)on1. The maximum atomic E-state index is 12.3. The van der Waals surface area contributed by atoms with Crippen LogP contribution in [0, 0.1) is 0 Å². The summed E-state index contributed by atoms with van der Waals surface area (Å²) in [5, 5.41) is 13.0. The Labute approximate surface area is 98.4 Å². The van der Waals surface area contributed by atoms with Crippen LogP contribution in [-0.2, 0) is 6.18 Å². The number of hydrogen-bond acceptors (Lipinski definition) is 3. The molecule has 2 rings (SSSR count). The second-order valence-electron chi connectivity index (χ2n) is 3.24. The van der Waals surface area contributed by atoms with E-state index in [1.165, 1.54) is 18.2 Å². The second kappa shape index (κ2) is 3.96. The molecule has 0 amide bonds. The van der Waals surface area contributed by atoms with Crippen LogP contribution in [-0.4, -0.2) is 10.3 Å². The summed E-state index contributed by atoms with van der Waals surface area (Å²) in [5.74, 6) is -1.46. The van der Waals surface area contributed by atoms with Gasteiger partial charge in [0.1, 0.15) is 11.4 Å². The molecule has 17 heavy (non-hydrogen) atoms. The number of phenols is 1. The molecule has 0 saturated heterocycles. The van der Waals surface area contributed by atoms with Gasteiger partial charge in [-0.1, -0.05) is 16.8 Å². The molecule has 1 N–H and O–H groups in total. The van der Waals surface area contributed by atoms with E-state index >= 15 is 0 Å². The summed E-state index contributed by atoms with van der Waals surface area (Å²) in [6.07, 6.45) is -4.61. The summed E-state index contributed by atoms with van der Waals surface area (Å²) in [6, 6.07) is 4.67. The van der Waals surface area contributed by atoms with Gasteiger partial charge in [0, 0.05) is 16.7 Å². The summed E-state index contributed by atoms with van der Waals surface area (Å²) >= 11 is 5.67. The summed E-state index contributed by atoms with van der Waals surface area (Å²) in [4.78, 5) is 0. The molecular weight excluding hydrogens is 259 g/mol. The molecule has 2 aromatic rings. The van der Waals surface area contributed by atoms with Crippen molar-refractivity contribution in [1.29, 1.82) is 0 Å². The highest BCUT2D eigenvalue weighted by molar-refractivity contribution is 6.30. The Hall–Kier alpha value is -1.69. The zero-order valence-electron chi connectivity index (χ0n) is 8.12. The number of benzene rings is 1. The first-order chi connectivity index (χ1) is 7.88. The third-order valence-electron chi connectivity index (χ3n) is 2.02. The lowest BCUT2D eigenvalue weighted by Crippen LogP contribution is -2.02. The monoisotopic (exact) mass is 263 g/mol. The molecule has 0 fully saturated rings. The predicted octanol–water partition coefficient (Wildman–Crippen LogP) is 3.72. The smallest absolute Gasteiger partial charge is 0.452 e. The molecule has 0 aliphatic carbocycles. The topological polar surface area (TPSA) is 46.3 Å². The summed E-state index contributed by atoms with van der Waals surface area (Å²) in [5.41, 5.74) is -0.0472. The van der Waals surface area contributed by atoms with Gasteiger partial charge >= 0.3 is 6.18 Å². The molecule has 0 radical (unpaired) electrons. The molecule has 1 heterocycles. The summed E-state index contributed by atoms with van der Waals surface area (Å²) in [7, 11) is 0. The maximum absolute atomic E-state index is 12.3. The van der Waals surface area contributed by atoms with Crippen molar-refractivity contribution in [3.63, 3.8) is 0 Å². The number of aromatic hydroxyl groups is 1. The van der Waals surface area contributed by atoms with Gasteiger partial charge in [-0.3, -0.25) is 0 Å². The van der Waals surface area contributed by atoms with Crippen molar-refractivity contribution in [1.82, 2.24) is 5.16 Å². The van der Waals surface area contributed by atoms with E-state index in [1.54, 1.807) is 0 Å². The maximum Gasteiger partial charge on any atom is 0.452 e. The fourth-order valence-electron chi connectivity index (χ4n) is 1.25.